The van der Waals surface area contributed by atoms with Crippen molar-refractivity contribution in [1.29, 1.82) is 0 Å². The minimum Gasteiger partial charge on any atom is -0.493 e. The highest BCUT2D eigenvalue weighted by Crippen LogP contribution is 2.32. The summed E-state index contributed by atoms with van der Waals surface area (Å²) in [6.07, 6.45) is 0. The van der Waals surface area contributed by atoms with Gasteiger partial charge in [0.25, 0.3) is 11.8 Å². The van der Waals surface area contributed by atoms with Gasteiger partial charge in [-0.1, -0.05) is 18.2 Å². The molecule has 26 heavy (non-hydrogen) atoms. The molecular weight excluding hydrogens is 339 g/mol. The van der Waals surface area contributed by atoms with Gasteiger partial charge in [-0.2, -0.15) is 0 Å². The molecule has 2 aliphatic rings. The summed E-state index contributed by atoms with van der Waals surface area (Å²) in [7, 11) is 0. The SMILES string of the molecule is O=C1COc2cc(F)c(C(=O)N3CC(COc4ccccc4)C3)cc2N1. The first kappa shape index (κ1) is 16.4. The van der Waals surface area contributed by atoms with Crippen LogP contribution in [0.3, 0.4) is 0 Å². The van der Waals surface area contributed by atoms with Gasteiger partial charge in [0.1, 0.15) is 17.3 Å². The van der Waals surface area contributed by atoms with Crippen molar-refractivity contribution in [2.75, 3.05) is 31.6 Å². The van der Waals surface area contributed by atoms with Crippen molar-refractivity contribution >= 4 is 17.5 Å². The maximum absolute atomic E-state index is 14.2. The van der Waals surface area contributed by atoms with E-state index in [9.17, 15) is 14.0 Å². The maximum atomic E-state index is 14.2. The van der Waals surface area contributed by atoms with Crippen LogP contribution in [0.5, 0.6) is 11.5 Å². The molecule has 1 fully saturated rings. The molecule has 0 spiro atoms. The first-order chi connectivity index (χ1) is 12.6. The summed E-state index contributed by atoms with van der Waals surface area (Å²) in [4.78, 5) is 25.5. The summed E-state index contributed by atoms with van der Waals surface area (Å²) in [5.74, 6) is -0.160. The number of nitrogens with zero attached hydrogens (tertiary/aromatic N) is 1. The molecule has 0 bridgehead atoms. The lowest BCUT2D eigenvalue weighted by molar-refractivity contribution is -0.118. The Morgan fingerprint density at radius 1 is 1.27 bits per heavy atom. The van der Waals surface area contributed by atoms with Crippen LogP contribution in [0.15, 0.2) is 42.5 Å². The second kappa shape index (κ2) is 6.67. The number of hydrogen-bond acceptors (Lipinski definition) is 4. The fourth-order valence-electron chi connectivity index (χ4n) is 3.01. The number of carbonyl (C=O) groups is 2. The predicted molar refractivity (Wildman–Crippen MR) is 91.9 cm³/mol. The molecule has 0 atom stereocenters. The molecule has 1 N–H and O–H groups in total. The highest BCUT2D eigenvalue weighted by atomic mass is 19.1. The van der Waals surface area contributed by atoms with E-state index in [4.69, 9.17) is 9.47 Å². The largest absolute Gasteiger partial charge is 0.493 e. The number of benzene rings is 2. The first-order valence-corrected chi connectivity index (χ1v) is 8.33. The van der Waals surface area contributed by atoms with Crippen LogP contribution in [0.2, 0.25) is 0 Å². The van der Waals surface area contributed by atoms with E-state index in [-0.39, 0.29) is 29.7 Å². The van der Waals surface area contributed by atoms with Crippen molar-refractivity contribution in [3.63, 3.8) is 0 Å². The van der Waals surface area contributed by atoms with Crippen LogP contribution in [0.4, 0.5) is 10.1 Å². The number of halogens is 1. The molecule has 0 aliphatic carbocycles. The third kappa shape index (κ3) is 3.20. The zero-order valence-corrected chi connectivity index (χ0v) is 13.9. The van der Waals surface area contributed by atoms with E-state index in [0.717, 1.165) is 11.8 Å². The van der Waals surface area contributed by atoms with E-state index < -0.39 is 11.7 Å². The van der Waals surface area contributed by atoms with Gasteiger partial charge in [-0.05, 0) is 18.2 Å². The van der Waals surface area contributed by atoms with E-state index in [2.05, 4.69) is 5.32 Å². The number of nitrogens with one attached hydrogen (secondary N) is 1. The Labute approximate surface area is 149 Å². The number of anilines is 1. The van der Waals surface area contributed by atoms with Crippen molar-refractivity contribution in [1.82, 2.24) is 4.90 Å². The number of fused-ring (bicyclic) bond motifs is 1. The molecule has 134 valence electrons. The first-order valence-electron chi connectivity index (χ1n) is 8.33. The van der Waals surface area contributed by atoms with Crippen LogP contribution in [0, 0.1) is 11.7 Å². The Morgan fingerprint density at radius 2 is 2.04 bits per heavy atom. The number of rotatable bonds is 4. The second-order valence-corrected chi connectivity index (χ2v) is 6.37. The monoisotopic (exact) mass is 356 g/mol. The fraction of sp³-hybridized carbons (Fsp3) is 0.263. The van der Waals surface area contributed by atoms with Crippen LogP contribution in [0.1, 0.15) is 10.4 Å². The molecule has 0 radical (unpaired) electrons. The van der Waals surface area contributed by atoms with Gasteiger partial charge in [-0.25, -0.2) is 4.39 Å². The molecule has 6 nitrogen and oxygen atoms in total. The third-order valence-electron chi connectivity index (χ3n) is 4.41. The van der Waals surface area contributed by atoms with Crippen LogP contribution in [-0.2, 0) is 4.79 Å². The average molecular weight is 356 g/mol. The Balaban J connectivity index is 1.37. The number of ether oxygens (including phenoxy) is 2. The molecule has 2 aromatic rings. The predicted octanol–water partition coefficient (Wildman–Crippen LogP) is 2.31. The zero-order valence-electron chi connectivity index (χ0n) is 13.9. The van der Waals surface area contributed by atoms with E-state index in [1.165, 1.54) is 6.07 Å². The van der Waals surface area contributed by atoms with Crippen LogP contribution in [0.25, 0.3) is 0 Å². The van der Waals surface area contributed by atoms with Crippen molar-refractivity contribution < 1.29 is 23.5 Å². The zero-order chi connectivity index (χ0) is 18.1. The van der Waals surface area contributed by atoms with Gasteiger partial charge in [0.15, 0.2) is 6.61 Å². The minimum absolute atomic E-state index is 0.0722. The van der Waals surface area contributed by atoms with E-state index in [1.54, 1.807) is 4.90 Å². The molecule has 2 aromatic carbocycles. The Morgan fingerprint density at radius 3 is 2.81 bits per heavy atom. The molecule has 1 saturated heterocycles. The van der Waals surface area contributed by atoms with Crippen LogP contribution in [-0.4, -0.2) is 43.0 Å². The van der Waals surface area contributed by atoms with Gasteiger partial charge < -0.3 is 19.7 Å². The van der Waals surface area contributed by atoms with E-state index >= 15 is 0 Å². The second-order valence-electron chi connectivity index (χ2n) is 6.37. The van der Waals surface area contributed by atoms with E-state index in [0.29, 0.717) is 25.4 Å². The van der Waals surface area contributed by atoms with Crippen molar-refractivity contribution in [3.8, 4) is 11.5 Å². The standard InChI is InChI=1S/C19H17FN2O4/c20-15-7-17-16(21-18(23)11-26-17)6-14(15)19(24)22-8-12(9-22)10-25-13-4-2-1-3-5-13/h1-7,12H,8-11H2,(H,21,23). The van der Waals surface area contributed by atoms with Crippen molar-refractivity contribution in [2.24, 2.45) is 5.92 Å². The summed E-state index contributed by atoms with van der Waals surface area (Å²) in [6.45, 7) is 1.36. The Bertz CT molecular complexity index is 850. The topological polar surface area (TPSA) is 67.9 Å². The van der Waals surface area contributed by atoms with Gasteiger partial charge in [0, 0.05) is 25.1 Å². The molecule has 4 rings (SSSR count). The van der Waals surface area contributed by atoms with Gasteiger partial charge in [0.2, 0.25) is 0 Å². The quantitative estimate of drug-likeness (QED) is 0.913. The molecule has 0 unspecified atom stereocenters. The lowest BCUT2D eigenvalue weighted by Gasteiger charge is -2.39. The van der Waals surface area contributed by atoms with Crippen LogP contribution < -0.4 is 14.8 Å². The van der Waals surface area contributed by atoms with Crippen LogP contribution >= 0.6 is 0 Å². The molecule has 2 amide bonds. The number of likely N-dealkylation sites (tertiary alicyclic amines) is 1. The summed E-state index contributed by atoms with van der Waals surface area (Å²) < 4.78 is 25.1. The molecule has 0 aromatic heterocycles. The highest BCUT2D eigenvalue weighted by Gasteiger charge is 2.33. The number of hydrogen-bond donors (Lipinski definition) is 1. The molecule has 0 saturated carbocycles. The number of carbonyl (C=O) groups excluding carboxylic acids is 2. The van der Waals surface area contributed by atoms with Crippen molar-refractivity contribution in [3.05, 3.63) is 53.8 Å². The van der Waals surface area contributed by atoms with E-state index in [1.807, 2.05) is 30.3 Å². The summed E-state index contributed by atoms with van der Waals surface area (Å²) in [5.41, 5.74) is 0.243. The molecule has 7 heteroatoms. The number of amides is 2. The summed E-state index contributed by atoms with van der Waals surface area (Å²) >= 11 is 0. The molecule has 2 heterocycles. The summed E-state index contributed by atoms with van der Waals surface area (Å²) in [6, 6.07) is 11.9. The highest BCUT2D eigenvalue weighted by molar-refractivity contribution is 6.00. The summed E-state index contributed by atoms with van der Waals surface area (Å²) in [5, 5.41) is 2.58. The molecule has 2 aliphatic heterocycles. The Hall–Kier alpha value is -3.09. The smallest absolute Gasteiger partial charge is 0.262 e. The minimum atomic E-state index is -0.658. The van der Waals surface area contributed by atoms with Gasteiger partial charge in [-0.3, -0.25) is 9.59 Å². The fourth-order valence-corrected chi connectivity index (χ4v) is 3.01. The average Bonchev–Trinajstić information content (AvgIpc) is 2.61. The third-order valence-corrected chi connectivity index (χ3v) is 4.41. The van der Waals surface area contributed by atoms with Gasteiger partial charge >= 0.3 is 0 Å². The normalized spacial score (nSPS) is 16.2. The Kier molecular flexibility index (Phi) is 4.20. The molecular formula is C19H17FN2O4. The van der Waals surface area contributed by atoms with Gasteiger partial charge in [0.05, 0.1) is 17.9 Å². The lowest BCUT2D eigenvalue weighted by Crippen LogP contribution is -2.52. The van der Waals surface area contributed by atoms with Crippen molar-refractivity contribution in [2.45, 2.75) is 0 Å². The number of para-hydroxylation sites is 1. The maximum Gasteiger partial charge on any atom is 0.262 e. The lowest BCUT2D eigenvalue weighted by atomic mass is 9.99. The van der Waals surface area contributed by atoms with Gasteiger partial charge in [-0.15, -0.1) is 0 Å².